The molecule has 8 heteroatoms. The summed E-state index contributed by atoms with van der Waals surface area (Å²) in [6.07, 6.45) is 0. The molecule has 0 N–H and O–H groups in total. The first-order valence-corrected chi connectivity index (χ1v) is 10.4. The highest BCUT2D eigenvalue weighted by Gasteiger charge is 2.16. The van der Waals surface area contributed by atoms with Crippen LogP contribution in [0.4, 0.5) is 0 Å². The van der Waals surface area contributed by atoms with E-state index in [-0.39, 0.29) is 11.7 Å². The lowest BCUT2D eigenvalue weighted by atomic mass is 10.2. The summed E-state index contributed by atoms with van der Waals surface area (Å²) < 4.78 is 2.01. The number of amides is 1. The van der Waals surface area contributed by atoms with Gasteiger partial charge in [-0.2, -0.15) is 0 Å². The van der Waals surface area contributed by atoms with Gasteiger partial charge >= 0.3 is 0 Å². The molecular formula is C20H20Cl2N4OS. The molecule has 0 bridgehead atoms. The molecule has 0 aliphatic carbocycles. The molecule has 0 fully saturated rings. The van der Waals surface area contributed by atoms with E-state index in [2.05, 4.69) is 22.3 Å². The molecule has 0 unspecified atom stereocenters. The number of halogens is 2. The minimum atomic E-state index is -0.0204. The number of aryl methyl sites for hydroxylation is 1. The lowest BCUT2D eigenvalue weighted by Gasteiger charge is -2.18. The minimum Gasteiger partial charge on any atom is -0.341 e. The Balaban J connectivity index is 1.62. The largest absolute Gasteiger partial charge is 0.341 e. The number of rotatable bonds is 7. The monoisotopic (exact) mass is 434 g/mol. The zero-order valence-electron chi connectivity index (χ0n) is 15.6. The maximum absolute atomic E-state index is 12.6. The fourth-order valence-corrected chi connectivity index (χ4v) is 3.97. The third-order valence-electron chi connectivity index (χ3n) is 4.27. The molecule has 3 aromatic rings. The van der Waals surface area contributed by atoms with E-state index in [1.165, 1.54) is 11.8 Å². The Labute approximate surface area is 178 Å². The number of benzene rings is 2. The molecule has 0 saturated carbocycles. The SMILES string of the molecule is Cc1nnc(SCC(=O)N(C)Cc2cccc(Cl)c2Cl)n1Cc1ccccc1. The van der Waals surface area contributed by atoms with E-state index < -0.39 is 0 Å². The molecule has 2 aromatic carbocycles. The normalized spacial score (nSPS) is 10.9. The summed E-state index contributed by atoms with van der Waals surface area (Å²) in [4.78, 5) is 14.2. The number of aromatic nitrogens is 3. The van der Waals surface area contributed by atoms with Gasteiger partial charge in [-0.1, -0.05) is 77.4 Å². The second-order valence-electron chi connectivity index (χ2n) is 6.35. The van der Waals surface area contributed by atoms with Crippen LogP contribution in [0.1, 0.15) is 17.0 Å². The number of carbonyl (C=O) groups is 1. The zero-order chi connectivity index (χ0) is 20.1. The quantitative estimate of drug-likeness (QED) is 0.505. The van der Waals surface area contributed by atoms with Crippen molar-refractivity contribution < 1.29 is 4.79 Å². The molecule has 0 aliphatic heterocycles. The van der Waals surface area contributed by atoms with Crippen LogP contribution in [0.3, 0.4) is 0 Å². The van der Waals surface area contributed by atoms with Crippen LogP contribution < -0.4 is 0 Å². The minimum absolute atomic E-state index is 0.0204. The summed E-state index contributed by atoms with van der Waals surface area (Å²) in [6.45, 7) is 2.98. The number of nitrogens with zero attached hydrogens (tertiary/aromatic N) is 4. The second kappa shape index (κ2) is 9.45. The first kappa shape index (κ1) is 20.7. The van der Waals surface area contributed by atoms with E-state index in [1.807, 2.05) is 41.8 Å². The van der Waals surface area contributed by atoms with Gasteiger partial charge in [-0.3, -0.25) is 4.79 Å². The van der Waals surface area contributed by atoms with Crippen molar-refractivity contribution in [2.45, 2.75) is 25.2 Å². The van der Waals surface area contributed by atoms with E-state index in [0.29, 0.717) is 23.1 Å². The van der Waals surface area contributed by atoms with Crippen molar-refractivity contribution in [3.05, 3.63) is 75.5 Å². The van der Waals surface area contributed by atoms with Crippen molar-refractivity contribution in [3.63, 3.8) is 0 Å². The topological polar surface area (TPSA) is 51.0 Å². The molecule has 1 amide bonds. The van der Waals surface area contributed by atoms with Gasteiger partial charge in [0.25, 0.3) is 0 Å². The third kappa shape index (κ3) is 5.07. The van der Waals surface area contributed by atoms with Gasteiger partial charge in [0.15, 0.2) is 5.16 Å². The average molecular weight is 435 g/mol. The van der Waals surface area contributed by atoms with Gasteiger partial charge in [-0.05, 0) is 24.1 Å². The Bertz CT molecular complexity index is 962. The molecule has 0 spiro atoms. The molecule has 28 heavy (non-hydrogen) atoms. The van der Waals surface area contributed by atoms with Gasteiger partial charge in [-0.15, -0.1) is 10.2 Å². The third-order valence-corrected chi connectivity index (χ3v) is 6.08. The molecule has 146 valence electrons. The Kier molecular flexibility index (Phi) is 6.99. The first-order chi connectivity index (χ1) is 13.5. The van der Waals surface area contributed by atoms with E-state index in [1.54, 1.807) is 18.0 Å². The number of thioether (sulfide) groups is 1. The number of hydrogen-bond acceptors (Lipinski definition) is 4. The summed E-state index contributed by atoms with van der Waals surface area (Å²) in [5, 5.41) is 10.1. The molecular weight excluding hydrogens is 415 g/mol. The summed E-state index contributed by atoms with van der Waals surface area (Å²) >= 11 is 13.6. The summed E-state index contributed by atoms with van der Waals surface area (Å²) in [5.41, 5.74) is 1.98. The lowest BCUT2D eigenvalue weighted by Crippen LogP contribution is -2.28. The molecule has 0 radical (unpaired) electrons. The van der Waals surface area contributed by atoms with Gasteiger partial charge < -0.3 is 9.47 Å². The van der Waals surface area contributed by atoms with Crippen molar-refractivity contribution in [3.8, 4) is 0 Å². The second-order valence-corrected chi connectivity index (χ2v) is 8.08. The number of carbonyl (C=O) groups excluding carboxylic acids is 1. The predicted octanol–water partition coefficient (Wildman–Crippen LogP) is 4.69. The highest BCUT2D eigenvalue weighted by atomic mass is 35.5. The van der Waals surface area contributed by atoms with Gasteiger partial charge in [0, 0.05) is 13.6 Å². The van der Waals surface area contributed by atoms with E-state index in [4.69, 9.17) is 23.2 Å². The van der Waals surface area contributed by atoms with Gasteiger partial charge in [-0.25, -0.2) is 0 Å². The fourth-order valence-electron chi connectivity index (χ4n) is 2.67. The molecule has 0 saturated heterocycles. The molecule has 5 nitrogen and oxygen atoms in total. The average Bonchev–Trinajstić information content (AvgIpc) is 3.04. The lowest BCUT2D eigenvalue weighted by molar-refractivity contribution is -0.127. The smallest absolute Gasteiger partial charge is 0.233 e. The molecule has 1 aromatic heterocycles. The highest BCUT2D eigenvalue weighted by Crippen LogP contribution is 2.26. The van der Waals surface area contributed by atoms with Gasteiger partial charge in [0.05, 0.1) is 22.3 Å². The molecule has 0 aliphatic rings. The summed E-state index contributed by atoms with van der Waals surface area (Å²) in [6, 6.07) is 15.5. The summed E-state index contributed by atoms with van der Waals surface area (Å²) in [5.74, 6) is 1.06. The standard InChI is InChI=1S/C20H20Cl2N4OS/c1-14-23-24-20(26(14)11-15-7-4-3-5-8-15)28-13-18(27)25(2)12-16-9-6-10-17(21)19(16)22/h3-10H,11-13H2,1-2H3. The maximum atomic E-state index is 12.6. The van der Waals surface area contributed by atoms with Crippen LogP contribution in [0, 0.1) is 6.92 Å². The molecule has 3 rings (SSSR count). The maximum Gasteiger partial charge on any atom is 0.233 e. The van der Waals surface area contributed by atoms with Crippen molar-refractivity contribution in [2.24, 2.45) is 0 Å². The van der Waals surface area contributed by atoms with Crippen molar-refractivity contribution in [1.29, 1.82) is 0 Å². The zero-order valence-corrected chi connectivity index (χ0v) is 17.9. The Morgan fingerprint density at radius 1 is 1.11 bits per heavy atom. The Morgan fingerprint density at radius 2 is 1.86 bits per heavy atom. The van der Waals surface area contributed by atoms with Crippen molar-refractivity contribution >= 4 is 40.9 Å². The Morgan fingerprint density at radius 3 is 2.61 bits per heavy atom. The predicted molar refractivity (Wildman–Crippen MR) is 114 cm³/mol. The van der Waals surface area contributed by atoms with Crippen LogP contribution in [-0.4, -0.2) is 38.4 Å². The van der Waals surface area contributed by atoms with E-state index in [9.17, 15) is 4.79 Å². The van der Waals surface area contributed by atoms with E-state index in [0.717, 1.165) is 22.1 Å². The van der Waals surface area contributed by atoms with Crippen LogP contribution in [-0.2, 0) is 17.9 Å². The van der Waals surface area contributed by atoms with Crippen LogP contribution in [0.2, 0.25) is 10.0 Å². The van der Waals surface area contributed by atoms with Crippen molar-refractivity contribution in [2.75, 3.05) is 12.8 Å². The van der Waals surface area contributed by atoms with Gasteiger partial charge in [0.1, 0.15) is 5.82 Å². The Hall–Kier alpha value is -2.02. The van der Waals surface area contributed by atoms with Crippen LogP contribution in [0.15, 0.2) is 53.7 Å². The molecule has 0 atom stereocenters. The van der Waals surface area contributed by atoms with Crippen molar-refractivity contribution in [1.82, 2.24) is 19.7 Å². The van der Waals surface area contributed by atoms with Gasteiger partial charge in [0.2, 0.25) is 5.91 Å². The van der Waals surface area contributed by atoms with Crippen LogP contribution >= 0.6 is 35.0 Å². The fraction of sp³-hybridized carbons (Fsp3) is 0.250. The van der Waals surface area contributed by atoms with E-state index >= 15 is 0 Å². The van der Waals surface area contributed by atoms with Crippen LogP contribution in [0.5, 0.6) is 0 Å². The molecule has 1 heterocycles. The van der Waals surface area contributed by atoms with Crippen LogP contribution in [0.25, 0.3) is 0 Å². The summed E-state index contributed by atoms with van der Waals surface area (Å²) in [7, 11) is 1.75. The highest BCUT2D eigenvalue weighted by molar-refractivity contribution is 7.99. The first-order valence-electron chi connectivity index (χ1n) is 8.69. The number of hydrogen-bond donors (Lipinski definition) is 0.